The maximum Gasteiger partial charge on any atom is 0.354 e. The molecule has 1 atom stereocenters. The lowest BCUT2D eigenvalue weighted by Gasteiger charge is -2.22. The van der Waals surface area contributed by atoms with Gasteiger partial charge in [0.25, 0.3) is 21.8 Å². The Hall–Kier alpha value is -3.27. The lowest BCUT2D eigenvalue weighted by molar-refractivity contribution is 0.0687. The number of hydrogen-bond donors (Lipinski definition) is 2. The number of nitrogens with zero attached hydrogens (tertiary/aromatic N) is 2. The summed E-state index contributed by atoms with van der Waals surface area (Å²) in [6.45, 7) is 9.46. The summed E-state index contributed by atoms with van der Waals surface area (Å²) < 4.78 is 27.9. The molecule has 10 heteroatoms. The van der Waals surface area contributed by atoms with E-state index in [1.54, 1.807) is 4.90 Å². The van der Waals surface area contributed by atoms with Crippen molar-refractivity contribution in [2.75, 3.05) is 13.1 Å². The molecular formula is C29H41N3O6S. The normalized spacial score (nSPS) is 12.1. The Bertz CT molecular complexity index is 1220. The molecule has 2 rings (SSSR count). The largest absolute Gasteiger partial charge is 0.477 e. The second-order valence-electron chi connectivity index (χ2n) is 9.95. The van der Waals surface area contributed by atoms with Gasteiger partial charge < -0.3 is 10.0 Å². The number of carbonyl (C=O) groups is 3. The fourth-order valence-corrected chi connectivity index (χ4v) is 5.20. The Morgan fingerprint density at radius 3 is 2.08 bits per heavy atom. The van der Waals surface area contributed by atoms with E-state index in [1.807, 2.05) is 11.6 Å². The number of rotatable bonds is 16. The third-order valence-electron chi connectivity index (χ3n) is 6.54. The highest BCUT2D eigenvalue weighted by Crippen LogP contribution is 2.19. The fraction of sp³-hybridized carbons (Fsp3) is 0.517. The minimum absolute atomic E-state index is 0.0458. The first-order valence-electron chi connectivity index (χ1n) is 13.7. The number of amides is 2. The van der Waals surface area contributed by atoms with Crippen LogP contribution in [0, 0.1) is 5.92 Å². The first-order valence-corrected chi connectivity index (χ1v) is 15.2. The van der Waals surface area contributed by atoms with Crippen molar-refractivity contribution in [2.45, 2.75) is 84.0 Å². The van der Waals surface area contributed by atoms with Gasteiger partial charge in [0.05, 0.1) is 10.5 Å². The van der Waals surface area contributed by atoms with Crippen molar-refractivity contribution in [1.29, 1.82) is 0 Å². The van der Waals surface area contributed by atoms with E-state index >= 15 is 0 Å². The number of carboxylic acids is 1. The number of hydrogen-bond acceptors (Lipinski definition) is 6. The molecule has 214 valence electrons. The predicted octanol–water partition coefficient (Wildman–Crippen LogP) is 5.31. The van der Waals surface area contributed by atoms with E-state index in [0.717, 1.165) is 51.1 Å². The van der Waals surface area contributed by atoms with Gasteiger partial charge in [-0.05, 0) is 61.1 Å². The van der Waals surface area contributed by atoms with E-state index in [0.29, 0.717) is 30.6 Å². The quantitative estimate of drug-likeness (QED) is 0.285. The Kier molecular flexibility index (Phi) is 12.6. The van der Waals surface area contributed by atoms with Crippen LogP contribution in [0.3, 0.4) is 0 Å². The van der Waals surface area contributed by atoms with Gasteiger partial charge in [-0.3, -0.25) is 9.59 Å². The summed E-state index contributed by atoms with van der Waals surface area (Å²) in [7, 11) is -4.24. The Morgan fingerprint density at radius 1 is 0.949 bits per heavy atom. The van der Waals surface area contributed by atoms with E-state index in [1.165, 1.54) is 30.3 Å². The summed E-state index contributed by atoms with van der Waals surface area (Å²) in [4.78, 5) is 43.0. The highest BCUT2D eigenvalue weighted by atomic mass is 32.2. The molecular weight excluding hydrogens is 518 g/mol. The van der Waals surface area contributed by atoms with Crippen molar-refractivity contribution < 1.29 is 27.9 Å². The Morgan fingerprint density at radius 2 is 1.54 bits per heavy atom. The number of carboxylic acid groups (broad SMARTS) is 1. The summed E-state index contributed by atoms with van der Waals surface area (Å²) in [5.41, 5.74) is 0.568. The number of pyridine rings is 1. The number of aromatic carboxylic acids is 1. The first-order chi connectivity index (χ1) is 18.5. The molecule has 39 heavy (non-hydrogen) atoms. The molecule has 0 spiro atoms. The van der Waals surface area contributed by atoms with Gasteiger partial charge in [-0.25, -0.2) is 22.9 Å². The molecule has 0 fully saturated rings. The summed E-state index contributed by atoms with van der Waals surface area (Å²) in [6, 6.07) is 6.89. The molecule has 0 bridgehead atoms. The molecule has 0 aliphatic heterocycles. The number of sulfonamides is 1. The standard InChI is InChI=1S/C29H41N3O6S/c1-5-8-11-21(4)18-23-19-24(20-30-26(23)29(35)36)27(33)31-39(37,38)25-14-12-22(13-15-25)28(34)32(16-9-6-2)17-10-7-3/h12-15,19-21H,5-11,16-18H2,1-4H3,(H,31,33)(H,35,36). The zero-order valence-electron chi connectivity index (χ0n) is 23.4. The van der Waals surface area contributed by atoms with E-state index in [9.17, 15) is 27.9 Å². The van der Waals surface area contributed by atoms with E-state index < -0.39 is 21.9 Å². The maximum absolute atomic E-state index is 13.0. The van der Waals surface area contributed by atoms with Gasteiger partial charge in [0.1, 0.15) is 0 Å². The smallest absolute Gasteiger partial charge is 0.354 e. The lowest BCUT2D eigenvalue weighted by atomic mass is 9.94. The van der Waals surface area contributed by atoms with Crippen LogP contribution >= 0.6 is 0 Å². The predicted molar refractivity (Wildman–Crippen MR) is 150 cm³/mol. The third kappa shape index (κ3) is 9.45. The highest BCUT2D eigenvalue weighted by Gasteiger charge is 2.23. The second kappa shape index (κ2) is 15.4. The average Bonchev–Trinajstić information content (AvgIpc) is 2.91. The van der Waals surface area contributed by atoms with Crippen molar-refractivity contribution in [3.63, 3.8) is 0 Å². The van der Waals surface area contributed by atoms with Crippen molar-refractivity contribution in [1.82, 2.24) is 14.6 Å². The van der Waals surface area contributed by atoms with Crippen LogP contribution in [0.1, 0.15) is 109 Å². The number of unbranched alkanes of at least 4 members (excludes halogenated alkanes) is 3. The summed E-state index contributed by atoms with van der Waals surface area (Å²) >= 11 is 0. The monoisotopic (exact) mass is 559 g/mol. The molecule has 0 aliphatic carbocycles. The van der Waals surface area contributed by atoms with Crippen LogP contribution in [0.2, 0.25) is 0 Å². The highest BCUT2D eigenvalue weighted by molar-refractivity contribution is 7.90. The third-order valence-corrected chi connectivity index (χ3v) is 7.89. The molecule has 0 aliphatic rings. The zero-order chi connectivity index (χ0) is 29.0. The molecule has 2 aromatic rings. The van der Waals surface area contributed by atoms with Crippen LogP contribution in [0.4, 0.5) is 0 Å². The Balaban J connectivity index is 2.20. The fourth-order valence-electron chi connectivity index (χ4n) is 4.22. The van der Waals surface area contributed by atoms with Crippen LogP contribution in [0.25, 0.3) is 0 Å². The van der Waals surface area contributed by atoms with Crippen molar-refractivity contribution in [3.05, 3.63) is 58.9 Å². The minimum Gasteiger partial charge on any atom is -0.477 e. The van der Waals surface area contributed by atoms with Gasteiger partial charge in [-0.1, -0.05) is 59.8 Å². The molecule has 2 amide bonds. The summed E-state index contributed by atoms with van der Waals surface area (Å²) in [5, 5.41) is 9.51. The van der Waals surface area contributed by atoms with Crippen LogP contribution in [-0.4, -0.2) is 54.3 Å². The average molecular weight is 560 g/mol. The van der Waals surface area contributed by atoms with Crippen molar-refractivity contribution in [3.8, 4) is 0 Å². The second-order valence-corrected chi connectivity index (χ2v) is 11.6. The molecule has 2 N–H and O–H groups in total. The van der Waals surface area contributed by atoms with Crippen molar-refractivity contribution >= 4 is 27.8 Å². The van der Waals surface area contributed by atoms with Crippen molar-refractivity contribution in [2.24, 2.45) is 5.92 Å². The van der Waals surface area contributed by atoms with Crippen LogP contribution in [0.15, 0.2) is 41.4 Å². The SMILES string of the molecule is CCCCC(C)Cc1cc(C(=O)NS(=O)(=O)c2ccc(C(=O)N(CCCC)CCCC)cc2)cnc1C(=O)O. The first kappa shape index (κ1) is 31.9. The minimum atomic E-state index is -4.24. The Labute approximate surface area is 232 Å². The zero-order valence-corrected chi connectivity index (χ0v) is 24.2. The van der Waals surface area contributed by atoms with Crippen LogP contribution < -0.4 is 4.72 Å². The topological polar surface area (TPSA) is 134 Å². The lowest BCUT2D eigenvalue weighted by Crippen LogP contribution is -2.33. The van der Waals surface area contributed by atoms with E-state index in [4.69, 9.17) is 0 Å². The van der Waals surface area contributed by atoms with Gasteiger partial charge in [0.15, 0.2) is 5.69 Å². The van der Waals surface area contributed by atoms with Gasteiger partial charge in [-0.15, -0.1) is 0 Å². The van der Waals surface area contributed by atoms with Gasteiger partial charge in [-0.2, -0.15) is 0 Å². The van der Waals surface area contributed by atoms with E-state index in [-0.39, 0.29) is 28.0 Å². The van der Waals surface area contributed by atoms with Gasteiger partial charge in [0, 0.05) is 24.8 Å². The molecule has 0 saturated carbocycles. The maximum atomic E-state index is 13.0. The van der Waals surface area contributed by atoms with Gasteiger partial charge in [0.2, 0.25) is 0 Å². The molecule has 1 heterocycles. The van der Waals surface area contributed by atoms with Gasteiger partial charge >= 0.3 is 5.97 Å². The van der Waals surface area contributed by atoms with Crippen LogP contribution in [0.5, 0.6) is 0 Å². The molecule has 9 nitrogen and oxygen atoms in total. The summed E-state index contributed by atoms with van der Waals surface area (Å²) in [5.74, 6) is -2.10. The number of nitrogens with one attached hydrogen (secondary N) is 1. The number of benzene rings is 1. The number of aromatic nitrogens is 1. The molecule has 1 aromatic carbocycles. The van der Waals surface area contributed by atoms with E-state index in [2.05, 4.69) is 25.8 Å². The van der Waals surface area contributed by atoms with Crippen LogP contribution in [-0.2, 0) is 16.4 Å². The molecule has 1 aromatic heterocycles. The number of carbonyl (C=O) groups excluding carboxylic acids is 2. The summed E-state index contributed by atoms with van der Waals surface area (Å²) in [6.07, 6.45) is 8.07. The molecule has 0 saturated heterocycles. The molecule has 1 unspecified atom stereocenters. The molecule has 0 radical (unpaired) electrons.